The zero-order valence-electron chi connectivity index (χ0n) is 25.4. The minimum atomic E-state index is 0.484. The Bertz CT molecular complexity index is 2680. The molecule has 1 atom stereocenters. The number of hydrogen-bond donors (Lipinski definition) is 0. The van der Waals surface area contributed by atoms with Crippen molar-refractivity contribution in [1.82, 2.24) is 9.13 Å². The molecule has 0 fully saturated rings. The molecule has 0 saturated heterocycles. The Morgan fingerprint density at radius 3 is 2.09 bits per heavy atom. The Hall–Kier alpha value is -5.80. The third-order valence-electron chi connectivity index (χ3n) is 9.87. The van der Waals surface area contributed by atoms with Crippen LogP contribution in [0.3, 0.4) is 0 Å². The number of nitrogens with zero attached hydrogens (tertiary/aromatic N) is 2. The molecule has 0 aliphatic heterocycles. The van der Waals surface area contributed by atoms with E-state index in [-0.39, 0.29) is 0 Å². The normalized spacial score (nSPS) is 14.7. The van der Waals surface area contributed by atoms with Crippen molar-refractivity contribution in [2.45, 2.75) is 13.3 Å². The molecule has 1 aliphatic rings. The summed E-state index contributed by atoms with van der Waals surface area (Å²) in [6.45, 7) is 2.31. The van der Waals surface area contributed by atoms with Gasteiger partial charge in [0.25, 0.3) is 0 Å². The third-order valence-corrected chi connectivity index (χ3v) is 9.87. The average Bonchev–Trinajstić information content (AvgIpc) is 3.76. The number of furan rings is 1. The molecule has 1 unspecified atom stereocenters. The largest absolute Gasteiger partial charge is 0.454 e. The average molecular weight is 591 g/mol. The molecular formula is C43H30N2O. The van der Waals surface area contributed by atoms with E-state index in [1.807, 2.05) is 6.07 Å². The van der Waals surface area contributed by atoms with Crippen LogP contribution in [0, 0.1) is 5.92 Å². The van der Waals surface area contributed by atoms with Crippen molar-refractivity contribution in [2.24, 2.45) is 5.92 Å². The van der Waals surface area contributed by atoms with Gasteiger partial charge in [0.1, 0.15) is 5.58 Å². The molecule has 3 heteroatoms. The van der Waals surface area contributed by atoms with E-state index in [4.69, 9.17) is 4.42 Å². The minimum absolute atomic E-state index is 0.484. The summed E-state index contributed by atoms with van der Waals surface area (Å²) in [6, 6.07) is 48.2. The summed E-state index contributed by atoms with van der Waals surface area (Å²) >= 11 is 0. The lowest BCUT2D eigenvalue weighted by Crippen LogP contribution is -2.05. The van der Waals surface area contributed by atoms with Gasteiger partial charge in [-0.2, -0.15) is 0 Å². The Morgan fingerprint density at radius 1 is 0.565 bits per heavy atom. The van der Waals surface area contributed by atoms with Crippen molar-refractivity contribution in [3.63, 3.8) is 0 Å². The summed E-state index contributed by atoms with van der Waals surface area (Å²) in [5, 5.41) is 6.15. The monoisotopic (exact) mass is 590 g/mol. The first-order chi connectivity index (χ1) is 22.7. The van der Waals surface area contributed by atoms with Gasteiger partial charge >= 0.3 is 0 Å². The summed E-state index contributed by atoms with van der Waals surface area (Å²) in [5.74, 6) is 0.484. The second kappa shape index (κ2) is 9.60. The van der Waals surface area contributed by atoms with Gasteiger partial charge in [0.2, 0.25) is 0 Å². The fourth-order valence-electron chi connectivity index (χ4n) is 7.77. The van der Waals surface area contributed by atoms with Crippen LogP contribution in [0.1, 0.15) is 18.2 Å². The highest BCUT2D eigenvalue weighted by Gasteiger charge is 2.24. The van der Waals surface area contributed by atoms with Crippen LogP contribution in [0.15, 0.2) is 144 Å². The van der Waals surface area contributed by atoms with Gasteiger partial charge in [0.15, 0.2) is 5.58 Å². The summed E-state index contributed by atoms with van der Waals surface area (Å²) in [7, 11) is 0. The van der Waals surface area contributed by atoms with E-state index >= 15 is 0 Å². The molecule has 3 aromatic heterocycles. The molecule has 0 spiro atoms. The van der Waals surface area contributed by atoms with Gasteiger partial charge in [-0.3, -0.25) is 0 Å². The Morgan fingerprint density at radius 2 is 1.24 bits per heavy atom. The van der Waals surface area contributed by atoms with Crippen molar-refractivity contribution < 1.29 is 4.42 Å². The van der Waals surface area contributed by atoms with E-state index in [1.165, 1.54) is 60.8 Å². The molecule has 1 aliphatic carbocycles. The number of allylic oxidation sites excluding steroid dienone is 1. The van der Waals surface area contributed by atoms with Crippen molar-refractivity contribution in [1.29, 1.82) is 0 Å². The fourth-order valence-corrected chi connectivity index (χ4v) is 7.77. The first-order valence-electron chi connectivity index (χ1n) is 16.1. The van der Waals surface area contributed by atoms with E-state index in [9.17, 15) is 0 Å². The summed E-state index contributed by atoms with van der Waals surface area (Å²) in [5.41, 5.74) is 12.9. The molecule has 0 N–H and O–H groups in total. The number of aromatic nitrogens is 2. The zero-order chi connectivity index (χ0) is 30.4. The van der Waals surface area contributed by atoms with Crippen LogP contribution in [-0.2, 0) is 6.42 Å². The predicted molar refractivity (Wildman–Crippen MR) is 192 cm³/mol. The summed E-state index contributed by atoms with van der Waals surface area (Å²) < 4.78 is 11.3. The second-order valence-corrected chi connectivity index (χ2v) is 12.6. The standard InChI is InChI=1S/C43H30N2O/c1-27-18-21-39-34(24-27)36-26-29(20-23-40(36)45(39)41-16-9-14-33-32-13-6-8-17-42(32)46-43(33)41)28-19-22-38-35(25-28)31-12-5-7-15-37(31)44(38)30-10-3-2-4-11-30/h2-23,25-27H,24H2,1H3. The Balaban J connectivity index is 1.19. The van der Waals surface area contributed by atoms with Gasteiger partial charge in [-0.1, -0.05) is 91.9 Å². The molecule has 9 aromatic rings. The molecule has 0 amide bonds. The van der Waals surface area contributed by atoms with Gasteiger partial charge < -0.3 is 13.6 Å². The van der Waals surface area contributed by atoms with Gasteiger partial charge in [-0.15, -0.1) is 0 Å². The molecular weight excluding hydrogens is 560 g/mol. The molecule has 0 radical (unpaired) electrons. The predicted octanol–water partition coefficient (Wildman–Crippen LogP) is 11.5. The van der Waals surface area contributed by atoms with Crippen molar-refractivity contribution in [3.8, 4) is 22.5 Å². The van der Waals surface area contributed by atoms with Gasteiger partial charge in [-0.25, -0.2) is 0 Å². The second-order valence-electron chi connectivity index (χ2n) is 12.6. The molecule has 10 rings (SSSR count). The Labute approximate surface area is 266 Å². The quantitative estimate of drug-likeness (QED) is 0.201. The lowest BCUT2D eigenvalue weighted by molar-refractivity contribution is 0.665. The van der Waals surface area contributed by atoms with E-state index in [1.54, 1.807) is 0 Å². The highest BCUT2D eigenvalue weighted by molar-refractivity contribution is 6.11. The first-order valence-corrected chi connectivity index (χ1v) is 16.1. The van der Waals surface area contributed by atoms with Crippen LogP contribution in [-0.4, -0.2) is 9.13 Å². The maximum absolute atomic E-state index is 6.52. The lowest BCUT2D eigenvalue weighted by Gasteiger charge is -2.15. The number of rotatable bonds is 3. The van der Waals surface area contributed by atoms with Crippen LogP contribution in [0.5, 0.6) is 0 Å². The smallest absolute Gasteiger partial charge is 0.159 e. The number of fused-ring (bicyclic) bond motifs is 9. The van der Waals surface area contributed by atoms with E-state index < -0.39 is 0 Å². The van der Waals surface area contributed by atoms with E-state index in [2.05, 4.69) is 156 Å². The molecule has 46 heavy (non-hydrogen) atoms. The van der Waals surface area contributed by atoms with Crippen LogP contribution in [0.25, 0.3) is 83.2 Å². The summed E-state index contributed by atoms with van der Waals surface area (Å²) in [4.78, 5) is 0. The SMILES string of the molecule is CC1C=Cc2c(c3cc(-c4ccc5c(c4)c4ccccc4n5-c4ccccc4)ccc3n2-c2cccc3c2oc2ccccc23)C1. The van der Waals surface area contributed by atoms with Crippen LogP contribution in [0.4, 0.5) is 0 Å². The van der Waals surface area contributed by atoms with Crippen LogP contribution in [0.2, 0.25) is 0 Å². The highest BCUT2D eigenvalue weighted by atomic mass is 16.3. The third kappa shape index (κ3) is 3.60. The van der Waals surface area contributed by atoms with Crippen LogP contribution < -0.4 is 0 Å². The highest BCUT2D eigenvalue weighted by Crippen LogP contribution is 2.41. The molecule has 3 heterocycles. The topological polar surface area (TPSA) is 23.0 Å². The van der Waals surface area contributed by atoms with Crippen molar-refractivity contribution >= 4 is 60.7 Å². The number of hydrogen-bond acceptors (Lipinski definition) is 1. The fraction of sp³-hybridized carbons (Fsp3) is 0.0698. The lowest BCUT2D eigenvalue weighted by atomic mass is 9.92. The molecule has 6 aromatic carbocycles. The molecule has 0 saturated carbocycles. The Kier molecular flexibility index (Phi) is 5.32. The molecule has 3 nitrogen and oxygen atoms in total. The van der Waals surface area contributed by atoms with Gasteiger partial charge in [-0.05, 0) is 89.7 Å². The van der Waals surface area contributed by atoms with E-state index in [0.29, 0.717) is 5.92 Å². The number of para-hydroxylation sites is 4. The van der Waals surface area contributed by atoms with Crippen molar-refractivity contribution in [2.75, 3.05) is 0 Å². The van der Waals surface area contributed by atoms with Crippen molar-refractivity contribution in [3.05, 3.63) is 151 Å². The van der Waals surface area contributed by atoms with Gasteiger partial charge in [0, 0.05) is 38.3 Å². The zero-order valence-corrected chi connectivity index (χ0v) is 25.4. The number of benzene rings is 6. The van der Waals surface area contributed by atoms with Crippen LogP contribution >= 0.6 is 0 Å². The molecule has 0 bridgehead atoms. The minimum Gasteiger partial charge on any atom is -0.454 e. The first kappa shape index (κ1) is 25.5. The maximum atomic E-state index is 6.52. The maximum Gasteiger partial charge on any atom is 0.159 e. The van der Waals surface area contributed by atoms with Gasteiger partial charge in [0.05, 0.1) is 22.2 Å². The summed E-state index contributed by atoms with van der Waals surface area (Å²) in [6.07, 6.45) is 5.67. The molecule has 218 valence electrons. The van der Waals surface area contributed by atoms with E-state index in [0.717, 1.165) is 34.0 Å².